The van der Waals surface area contributed by atoms with Gasteiger partial charge in [0.1, 0.15) is 110 Å². The van der Waals surface area contributed by atoms with Crippen LogP contribution in [0.5, 0.6) is 0 Å². The first-order valence-electron chi connectivity index (χ1n) is 29.2. The van der Waals surface area contributed by atoms with Crippen LogP contribution in [0, 0.1) is 0 Å². The molecule has 0 saturated carbocycles. The maximum atomic E-state index is 14.2. The third-order valence-corrected chi connectivity index (χ3v) is 20.1. The number of nitrogen functional groups attached to an aromatic ring is 3. The van der Waals surface area contributed by atoms with Gasteiger partial charge in [0.2, 0.25) is 5.95 Å². The van der Waals surface area contributed by atoms with E-state index in [1.807, 2.05) is 9.97 Å². The molecule has 6 aromatic heterocycles. The SMILES string of the molecule is Nc1ccn([C@@H]2O[C@H](CO[P+](=O)O)[C@@H](OP(=O)(O)OC[C@H]3O[C@@H](n4cnc5c(=O)[nH]c(N)nc54)[C@H](O)[C@@H]3OP(=O)(O)OC[C@H]3O[C@@H](n4ccc(=O)[nH]c4=O)[C@H](O)[C@@H]3OP(=O)(O)OC[C@H]3O[C@@H](n4ccc(N)nc4=O)[C@H](O)[C@@H]3OP(=O)(O)OC[C@H]3O[C@@H](n4ccc(=O)[nH]c4=O)[C@H](O)[C@@H]3O)[C@H]2O)c(=O)n1. The van der Waals surface area contributed by atoms with Crippen molar-refractivity contribution in [1.29, 1.82) is 0 Å². The molecule has 103 heavy (non-hydrogen) atoms. The van der Waals surface area contributed by atoms with Crippen LogP contribution >= 0.6 is 39.5 Å². The van der Waals surface area contributed by atoms with Crippen molar-refractivity contribution in [2.75, 3.05) is 50.2 Å². The summed E-state index contributed by atoms with van der Waals surface area (Å²) < 4.78 is 145. The lowest BCUT2D eigenvalue weighted by Gasteiger charge is -2.27. The summed E-state index contributed by atoms with van der Waals surface area (Å²) in [5.74, 6) is -1.13. The molecule has 0 spiro atoms. The number of nitrogens with zero attached hydrogens (tertiary/aromatic N) is 9. The number of hydrogen-bond acceptors (Lipinski definition) is 39. The molecule has 20 N–H and O–H groups in total. The molecule has 5 aliphatic rings. The lowest BCUT2D eigenvalue weighted by Crippen LogP contribution is -2.39. The van der Waals surface area contributed by atoms with Crippen molar-refractivity contribution in [3.8, 4) is 0 Å². The number of anilines is 3. The second-order valence-corrected chi connectivity index (χ2v) is 28.9. The number of aromatic amines is 3. The number of ether oxygens (including phenoxy) is 5. The Hall–Kier alpha value is -7.11. The fraction of sp³-hybridized carbons (Fsp3) is 0.543. The molecule has 0 radical (unpaired) electrons. The van der Waals surface area contributed by atoms with Gasteiger partial charge in [0.25, 0.3) is 16.7 Å². The fourth-order valence-corrected chi connectivity index (χ4v) is 15.3. The normalized spacial score (nSPS) is 32.7. The average Bonchev–Trinajstić information content (AvgIpc) is 1.63. The molecule has 57 heteroatoms. The third-order valence-electron chi connectivity index (χ3n) is 15.8. The first-order valence-corrected chi connectivity index (χ1v) is 36.3. The van der Waals surface area contributed by atoms with Crippen LogP contribution < -0.4 is 56.6 Å². The van der Waals surface area contributed by atoms with Crippen molar-refractivity contribution >= 4 is 68.3 Å². The molecule has 11 rings (SSSR count). The number of phosphoric ester groups is 4. The zero-order valence-corrected chi connectivity index (χ0v) is 55.8. The van der Waals surface area contributed by atoms with Crippen LogP contribution in [0.15, 0.2) is 88.9 Å². The molecule has 5 saturated heterocycles. The maximum absolute atomic E-state index is 14.2. The number of phosphoric acid groups is 4. The maximum Gasteiger partial charge on any atom is 0.694 e. The Balaban J connectivity index is 0.814. The van der Waals surface area contributed by atoms with E-state index in [1.165, 1.54) is 0 Å². The van der Waals surface area contributed by atoms with Crippen LogP contribution in [0.3, 0.4) is 0 Å². The summed E-state index contributed by atoms with van der Waals surface area (Å²) in [6.45, 7) is -6.32. The summed E-state index contributed by atoms with van der Waals surface area (Å²) >= 11 is 0. The second-order valence-electron chi connectivity index (χ2n) is 22.5. The highest BCUT2D eigenvalue weighted by atomic mass is 31.2. The van der Waals surface area contributed by atoms with Gasteiger partial charge in [-0.2, -0.15) is 15.0 Å². The molecule has 52 nitrogen and oxygen atoms in total. The van der Waals surface area contributed by atoms with E-state index < -0.39 is 252 Å². The Morgan fingerprint density at radius 1 is 0.456 bits per heavy atom. The Bertz CT molecular complexity index is 4810. The molecule has 0 aliphatic carbocycles. The van der Waals surface area contributed by atoms with E-state index in [4.69, 9.17) is 77.1 Å². The Morgan fingerprint density at radius 2 is 0.796 bits per heavy atom. The second kappa shape index (κ2) is 30.4. The van der Waals surface area contributed by atoms with Gasteiger partial charge in [-0.3, -0.25) is 88.4 Å². The topological polar surface area (TPSA) is 758 Å². The van der Waals surface area contributed by atoms with Crippen LogP contribution in [-0.4, -0.2) is 237 Å². The first-order chi connectivity index (χ1) is 48.4. The summed E-state index contributed by atoms with van der Waals surface area (Å²) in [5, 5.41) is 67.8. The highest BCUT2D eigenvalue weighted by Crippen LogP contribution is 2.55. The number of nitrogens with two attached hydrogens (primary N) is 3. The summed E-state index contributed by atoms with van der Waals surface area (Å²) in [4.78, 5) is 163. The van der Waals surface area contributed by atoms with Gasteiger partial charge in [0.05, 0.1) is 32.8 Å². The highest BCUT2D eigenvalue weighted by molar-refractivity contribution is 7.48. The zero-order valence-electron chi connectivity index (χ0n) is 51.3. The standard InChI is InChI=1S/C46H58N15O37P5/c47-20-1-5-57(43(71)51-20)38-27(66)31(16(91-38)9-85-99(75)76)95-101(79,80)89-13-19-34(30(69)41(94-19)61-14-50-24-35(61)55-42(49)56-36(24)70)98-103(83,84)88-12-18-33(29(68)40(93-18)60-8-4-23(63)54-46(60)74)97-102(81,82)87-11-17-32(28(67)39(92-17)58-6-2-21(48)52-44(58)72)96-100(77,78)86-10-15-25(64)26(65)37(90-15)59-7-3-22(62)53-45(59)73/h1-8,14-19,25-34,37-41,64-69H,9-13H2,(H13-,47,48,49,51,52,53,54,55,56,62,63,70,71,72,73,74,75,76,77,78,79,80,81,82,83,84)/p+1/t15-,16-,17-,18-,19-,25-,26-,27-,28-,29-,30-,31-,32-,33-,34-,37-,38-,39-,40-,41-/m1/s1. The first kappa shape index (κ1) is 77.0. The number of hydrogen-bond donors (Lipinski definition) is 17. The molecule has 0 amide bonds. The van der Waals surface area contributed by atoms with Crippen LogP contribution in [0.25, 0.3) is 11.2 Å². The van der Waals surface area contributed by atoms with Crippen molar-refractivity contribution < 1.29 is 142 Å². The molecular formula is C46H59N15O37P5+. The Labute approximate surface area is 568 Å². The Morgan fingerprint density at radius 3 is 1.17 bits per heavy atom. The van der Waals surface area contributed by atoms with Crippen LogP contribution in [0.2, 0.25) is 0 Å². The van der Waals surface area contributed by atoms with Crippen molar-refractivity contribution in [2.24, 2.45) is 0 Å². The molecule has 5 aliphatic heterocycles. The van der Waals surface area contributed by atoms with E-state index in [0.717, 1.165) is 59.9 Å². The van der Waals surface area contributed by atoms with E-state index in [1.54, 1.807) is 0 Å². The highest BCUT2D eigenvalue weighted by Gasteiger charge is 2.57. The Kier molecular flexibility index (Phi) is 22.7. The van der Waals surface area contributed by atoms with Gasteiger partial charge in [-0.1, -0.05) is 0 Å². The zero-order chi connectivity index (χ0) is 74.7. The molecule has 0 aromatic carbocycles. The molecule has 5 unspecified atom stereocenters. The van der Waals surface area contributed by atoms with E-state index in [0.29, 0.717) is 18.3 Å². The van der Waals surface area contributed by atoms with Crippen molar-refractivity contribution in [3.63, 3.8) is 0 Å². The lowest BCUT2D eigenvalue weighted by atomic mass is 10.1. The summed E-state index contributed by atoms with van der Waals surface area (Å²) in [6.07, 6.45) is -37.2. The minimum absolute atomic E-state index is 0.274. The van der Waals surface area contributed by atoms with Gasteiger partial charge in [0, 0.05) is 41.5 Å². The number of nitrogens with one attached hydrogen (secondary N) is 3. The van der Waals surface area contributed by atoms with Gasteiger partial charge in [-0.25, -0.2) is 42.4 Å². The monoisotopic (exact) mass is 1570 g/mol. The summed E-state index contributed by atoms with van der Waals surface area (Å²) in [7, 11) is -26.7. The smallest absolute Gasteiger partial charge is 0.387 e. The minimum Gasteiger partial charge on any atom is -0.387 e. The molecule has 6 aromatic rings. The number of aromatic nitrogens is 12. The van der Waals surface area contributed by atoms with Gasteiger partial charge in [0.15, 0.2) is 42.3 Å². The number of aliphatic hydroxyl groups excluding tert-OH is 6. The minimum atomic E-state index is -5.95. The van der Waals surface area contributed by atoms with Gasteiger partial charge >= 0.3 is 62.3 Å². The number of imidazole rings is 1. The van der Waals surface area contributed by atoms with Gasteiger partial charge < -0.3 is 91.1 Å². The number of H-pyrrole nitrogens is 3. The van der Waals surface area contributed by atoms with E-state index >= 15 is 0 Å². The predicted molar refractivity (Wildman–Crippen MR) is 325 cm³/mol. The van der Waals surface area contributed by atoms with Gasteiger partial charge in [-0.05, 0) is 12.1 Å². The molecule has 0 bridgehead atoms. The third kappa shape index (κ3) is 17.1. The number of aliphatic hydroxyl groups is 6. The summed E-state index contributed by atoms with van der Waals surface area (Å²) in [5.41, 5.74) is 8.58. The lowest BCUT2D eigenvalue weighted by molar-refractivity contribution is -0.0661. The fourth-order valence-electron chi connectivity index (χ4n) is 11.1. The molecule has 564 valence electrons. The van der Waals surface area contributed by atoms with E-state index in [9.17, 15) is 111 Å². The average molecular weight is 1570 g/mol. The van der Waals surface area contributed by atoms with E-state index in [2.05, 4.69) is 29.4 Å². The van der Waals surface area contributed by atoms with Crippen LogP contribution in [0.1, 0.15) is 31.1 Å². The van der Waals surface area contributed by atoms with Crippen molar-refractivity contribution in [1.82, 2.24) is 57.7 Å². The number of fused-ring (bicyclic) bond motifs is 1. The van der Waals surface area contributed by atoms with E-state index in [-0.39, 0.29) is 11.6 Å². The van der Waals surface area contributed by atoms with Crippen LogP contribution in [0.4, 0.5) is 17.6 Å². The molecular weight excluding hydrogens is 1510 g/mol. The largest absolute Gasteiger partial charge is 0.694 e. The molecule has 11 heterocycles. The quantitative estimate of drug-likeness (QED) is 0.0203. The predicted octanol–water partition coefficient (Wildman–Crippen LogP) is -8.19. The van der Waals surface area contributed by atoms with Crippen molar-refractivity contribution in [3.05, 3.63) is 128 Å². The molecule has 25 atom stereocenters. The molecule has 5 fully saturated rings. The van der Waals surface area contributed by atoms with Gasteiger partial charge in [-0.15, -0.1) is 9.42 Å². The van der Waals surface area contributed by atoms with Crippen LogP contribution in [-0.2, 0) is 87.2 Å². The number of rotatable bonds is 28. The summed E-state index contributed by atoms with van der Waals surface area (Å²) in [6, 6.07) is 3.75. The van der Waals surface area contributed by atoms with Crippen molar-refractivity contribution in [2.45, 2.75) is 123 Å².